The number of carbonyl (C=O) groups is 2. The number of anilines is 1. The van der Waals surface area contributed by atoms with E-state index in [1.54, 1.807) is 18.5 Å². The minimum Gasteiger partial charge on any atom is -0.444 e. The number of pyridine rings is 1. The third kappa shape index (κ3) is 4.45. The van der Waals surface area contributed by atoms with Crippen molar-refractivity contribution in [3.8, 4) is 5.82 Å². The summed E-state index contributed by atoms with van der Waals surface area (Å²) in [7, 11) is 0. The molecule has 1 N–H and O–H groups in total. The Morgan fingerprint density at radius 1 is 1.26 bits per heavy atom. The number of nitrogens with zero attached hydrogens (tertiary/aromatic N) is 4. The number of nitrogens with one attached hydrogen (secondary N) is 1. The highest BCUT2D eigenvalue weighted by molar-refractivity contribution is 5.96. The van der Waals surface area contributed by atoms with Crippen LogP contribution in [-0.4, -0.2) is 49.6 Å². The fraction of sp³-hybridized carbons (Fsp3) is 0.474. The molecule has 0 spiro atoms. The maximum Gasteiger partial charge on any atom is 0.410 e. The Morgan fingerprint density at radius 3 is 2.63 bits per heavy atom. The zero-order valence-corrected chi connectivity index (χ0v) is 16.1. The van der Waals surface area contributed by atoms with Crippen LogP contribution in [-0.2, 0) is 9.53 Å². The molecule has 3 heterocycles. The van der Waals surface area contributed by atoms with E-state index in [0.29, 0.717) is 18.7 Å². The average Bonchev–Trinajstić information content (AvgIpc) is 3.23. The number of rotatable bonds is 3. The van der Waals surface area contributed by atoms with Crippen molar-refractivity contribution >= 4 is 17.7 Å². The van der Waals surface area contributed by atoms with E-state index < -0.39 is 17.7 Å². The molecule has 2 aromatic rings. The molecule has 1 unspecified atom stereocenters. The highest BCUT2D eigenvalue weighted by Crippen LogP contribution is 2.22. The molecule has 2 aromatic heterocycles. The van der Waals surface area contributed by atoms with E-state index in [4.69, 9.17) is 4.74 Å². The van der Waals surface area contributed by atoms with Crippen LogP contribution >= 0.6 is 0 Å². The molecule has 0 aliphatic carbocycles. The molecular weight excluding hydrogens is 346 g/mol. The van der Waals surface area contributed by atoms with Crippen molar-refractivity contribution in [2.45, 2.75) is 52.2 Å². The number of aryl methyl sites for hydroxylation is 1. The lowest BCUT2D eigenvalue weighted by molar-refractivity contribution is -0.120. The summed E-state index contributed by atoms with van der Waals surface area (Å²) in [5.74, 6) is 1.32. The molecule has 8 heteroatoms. The first-order chi connectivity index (χ1) is 12.7. The van der Waals surface area contributed by atoms with Crippen molar-refractivity contribution < 1.29 is 14.3 Å². The largest absolute Gasteiger partial charge is 0.444 e. The summed E-state index contributed by atoms with van der Waals surface area (Å²) in [4.78, 5) is 35.0. The molecule has 0 bridgehead atoms. The van der Waals surface area contributed by atoms with Gasteiger partial charge in [-0.25, -0.2) is 14.8 Å². The second-order valence-electron chi connectivity index (χ2n) is 7.57. The van der Waals surface area contributed by atoms with Crippen LogP contribution in [0.5, 0.6) is 0 Å². The first-order valence-corrected chi connectivity index (χ1v) is 9.01. The summed E-state index contributed by atoms with van der Waals surface area (Å²) in [6, 6.07) is 3.06. The molecule has 8 nitrogen and oxygen atoms in total. The van der Waals surface area contributed by atoms with Gasteiger partial charge in [-0.15, -0.1) is 0 Å². The van der Waals surface area contributed by atoms with Gasteiger partial charge >= 0.3 is 6.09 Å². The quantitative estimate of drug-likeness (QED) is 0.896. The van der Waals surface area contributed by atoms with Gasteiger partial charge in [0.1, 0.15) is 23.3 Å². The third-order valence-corrected chi connectivity index (χ3v) is 4.27. The van der Waals surface area contributed by atoms with Gasteiger partial charge in [0.05, 0.1) is 11.9 Å². The molecule has 0 saturated carbocycles. The second-order valence-corrected chi connectivity index (χ2v) is 7.57. The van der Waals surface area contributed by atoms with Crippen molar-refractivity contribution in [1.29, 1.82) is 0 Å². The van der Waals surface area contributed by atoms with Crippen molar-refractivity contribution in [1.82, 2.24) is 19.4 Å². The SMILES string of the molecule is Cc1nccn1-c1ccc(NC(=O)C2CCCN2C(=O)OC(C)(C)C)cn1. The number of aromatic nitrogens is 3. The molecule has 2 amide bonds. The van der Waals surface area contributed by atoms with Gasteiger partial charge in [-0.3, -0.25) is 14.3 Å². The third-order valence-electron chi connectivity index (χ3n) is 4.27. The molecule has 1 aliphatic heterocycles. The van der Waals surface area contributed by atoms with Crippen molar-refractivity contribution in [2.75, 3.05) is 11.9 Å². The minimum absolute atomic E-state index is 0.230. The number of likely N-dealkylation sites (tertiary alicyclic amines) is 1. The van der Waals surface area contributed by atoms with Crippen LogP contribution in [0.1, 0.15) is 39.4 Å². The van der Waals surface area contributed by atoms with E-state index in [1.165, 1.54) is 4.90 Å². The molecule has 27 heavy (non-hydrogen) atoms. The molecule has 1 saturated heterocycles. The fourth-order valence-electron chi connectivity index (χ4n) is 3.03. The van der Waals surface area contributed by atoms with Gasteiger partial charge in [-0.2, -0.15) is 0 Å². The standard InChI is InChI=1S/C19H25N5O3/c1-13-20-9-11-23(13)16-8-7-14(12-21-16)22-17(25)15-6-5-10-24(15)18(26)27-19(2,3)4/h7-9,11-12,15H,5-6,10H2,1-4H3,(H,22,25). The van der Waals surface area contributed by atoms with Gasteiger partial charge in [0.15, 0.2) is 0 Å². The van der Waals surface area contributed by atoms with Crippen LogP contribution in [0.3, 0.4) is 0 Å². The number of hydrogen-bond donors (Lipinski definition) is 1. The zero-order chi connectivity index (χ0) is 19.6. The van der Waals surface area contributed by atoms with Gasteiger partial charge in [0.2, 0.25) is 5.91 Å². The Morgan fingerprint density at radius 2 is 2.04 bits per heavy atom. The number of carbonyl (C=O) groups excluding carboxylic acids is 2. The Kier molecular flexibility index (Phi) is 5.16. The van der Waals surface area contributed by atoms with E-state index in [0.717, 1.165) is 18.1 Å². The van der Waals surface area contributed by atoms with Gasteiger partial charge in [0.25, 0.3) is 0 Å². The first-order valence-electron chi connectivity index (χ1n) is 9.01. The van der Waals surface area contributed by atoms with Crippen molar-refractivity contribution in [2.24, 2.45) is 0 Å². The summed E-state index contributed by atoms with van der Waals surface area (Å²) in [5.41, 5.74) is -0.0103. The van der Waals surface area contributed by atoms with Crippen molar-refractivity contribution in [3.63, 3.8) is 0 Å². The average molecular weight is 371 g/mol. The predicted octanol–water partition coefficient (Wildman–Crippen LogP) is 2.91. The lowest BCUT2D eigenvalue weighted by Crippen LogP contribution is -2.45. The van der Waals surface area contributed by atoms with Crippen LogP contribution in [0.15, 0.2) is 30.7 Å². The number of hydrogen-bond acceptors (Lipinski definition) is 5. The van der Waals surface area contributed by atoms with Gasteiger partial charge in [-0.05, 0) is 52.7 Å². The highest BCUT2D eigenvalue weighted by Gasteiger charge is 2.36. The Balaban J connectivity index is 1.66. The highest BCUT2D eigenvalue weighted by atomic mass is 16.6. The summed E-state index contributed by atoms with van der Waals surface area (Å²) in [6.07, 6.45) is 6.06. The molecule has 144 valence electrons. The van der Waals surface area contributed by atoms with E-state index in [9.17, 15) is 9.59 Å². The zero-order valence-electron chi connectivity index (χ0n) is 16.1. The predicted molar refractivity (Wildman–Crippen MR) is 101 cm³/mol. The van der Waals surface area contributed by atoms with E-state index in [2.05, 4.69) is 15.3 Å². The monoisotopic (exact) mass is 371 g/mol. The molecular formula is C19H25N5O3. The normalized spacial score (nSPS) is 17.0. The van der Waals surface area contributed by atoms with Gasteiger partial charge in [-0.1, -0.05) is 0 Å². The second kappa shape index (κ2) is 7.38. The van der Waals surface area contributed by atoms with Crippen LogP contribution in [0.25, 0.3) is 5.82 Å². The van der Waals surface area contributed by atoms with E-state index in [1.807, 2.05) is 44.5 Å². The maximum absolute atomic E-state index is 12.7. The molecule has 1 aliphatic rings. The molecule has 3 rings (SSSR count). The van der Waals surface area contributed by atoms with Crippen LogP contribution in [0.2, 0.25) is 0 Å². The Hall–Kier alpha value is -2.90. The van der Waals surface area contributed by atoms with Crippen LogP contribution in [0.4, 0.5) is 10.5 Å². The summed E-state index contributed by atoms with van der Waals surface area (Å²) in [5, 5.41) is 2.84. The van der Waals surface area contributed by atoms with E-state index >= 15 is 0 Å². The van der Waals surface area contributed by atoms with Crippen LogP contribution in [0, 0.1) is 6.92 Å². The van der Waals surface area contributed by atoms with Gasteiger partial charge < -0.3 is 10.1 Å². The number of ether oxygens (including phenoxy) is 1. The lowest BCUT2D eigenvalue weighted by Gasteiger charge is -2.28. The van der Waals surface area contributed by atoms with Crippen molar-refractivity contribution in [3.05, 3.63) is 36.5 Å². The molecule has 0 aromatic carbocycles. The number of amides is 2. The lowest BCUT2D eigenvalue weighted by atomic mass is 10.2. The minimum atomic E-state index is -0.591. The molecule has 1 atom stereocenters. The summed E-state index contributed by atoms with van der Waals surface area (Å²) >= 11 is 0. The smallest absolute Gasteiger partial charge is 0.410 e. The Bertz CT molecular complexity index is 823. The maximum atomic E-state index is 12.7. The van der Waals surface area contributed by atoms with Crippen LogP contribution < -0.4 is 5.32 Å². The van der Waals surface area contributed by atoms with Gasteiger partial charge in [0, 0.05) is 18.9 Å². The summed E-state index contributed by atoms with van der Waals surface area (Å²) in [6.45, 7) is 7.84. The number of imidazole rings is 1. The Labute approximate surface area is 158 Å². The van der Waals surface area contributed by atoms with E-state index in [-0.39, 0.29) is 5.91 Å². The molecule has 0 radical (unpaired) electrons. The fourth-order valence-corrected chi connectivity index (χ4v) is 3.03. The summed E-state index contributed by atoms with van der Waals surface area (Å²) < 4.78 is 7.26. The topological polar surface area (TPSA) is 89.4 Å². The first kappa shape index (κ1) is 18.9. The molecule has 1 fully saturated rings.